The number of nitro benzene ring substituents is 1. The molecule has 122 valence electrons. The van der Waals surface area contributed by atoms with Crippen LogP contribution in [0, 0.1) is 27.3 Å². The van der Waals surface area contributed by atoms with Crippen LogP contribution in [0.4, 0.5) is 10.1 Å². The molecule has 0 aliphatic rings. The van der Waals surface area contributed by atoms with Crippen LogP contribution < -0.4 is 0 Å². The molecule has 0 aliphatic carbocycles. The highest BCUT2D eigenvalue weighted by atomic mass is 19.1. The topological polar surface area (TPSA) is 80.1 Å². The molecule has 0 N–H and O–H groups in total. The molecule has 0 radical (unpaired) electrons. The van der Waals surface area contributed by atoms with Gasteiger partial charge in [-0.1, -0.05) is 24.3 Å². The quantitative estimate of drug-likeness (QED) is 0.379. The minimum atomic E-state index is -0.485. The van der Waals surface area contributed by atoms with E-state index < -0.39 is 10.7 Å². The van der Waals surface area contributed by atoms with Gasteiger partial charge in [-0.3, -0.25) is 10.1 Å². The summed E-state index contributed by atoms with van der Waals surface area (Å²) < 4.78 is 18.9. The van der Waals surface area contributed by atoms with Crippen molar-refractivity contribution in [2.24, 2.45) is 0 Å². The minimum Gasteiger partial charge on any atom is -0.456 e. The van der Waals surface area contributed by atoms with Crippen LogP contribution in [0.5, 0.6) is 0 Å². The van der Waals surface area contributed by atoms with Gasteiger partial charge in [0.25, 0.3) is 5.69 Å². The molecule has 0 saturated heterocycles. The Bertz CT molecular complexity index is 1020. The SMILES string of the molecule is N#C/C(=C/c1ccc(-c2ccccc2[N+](=O)[O-])o1)c1cccc(F)c1. The van der Waals surface area contributed by atoms with Gasteiger partial charge in [0.05, 0.1) is 22.1 Å². The van der Waals surface area contributed by atoms with Crippen LogP contribution in [0.2, 0.25) is 0 Å². The highest BCUT2D eigenvalue weighted by Gasteiger charge is 2.17. The van der Waals surface area contributed by atoms with Crippen molar-refractivity contribution < 1.29 is 13.7 Å². The summed E-state index contributed by atoms with van der Waals surface area (Å²) in [5.74, 6) is 0.211. The van der Waals surface area contributed by atoms with E-state index in [1.165, 1.54) is 30.3 Å². The Hall–Kier alpha value is -3.72. The van der Waals surface area contributed by atoms with E-state index in [0.717, 1.165) is 0 Å². The summed E-state index contributed by atoms with van der Waals surface area (Å²) in [7, 11) is 0. The number of para-hydroxylation sites is 1. The predicted octanol–water partition coefficient (Wildman–Crippen LogP) is 5.06. The Morgan fingerprint density at radius 3 is 2.68 bits per heavy atom. The molecular weight excluding hydrogens is 323 g/mol. The molecule has 0 atom stereocenters. The largest absolute Gasteiger partial charge is 0.456 e. The van der Waals surface area contributed by atoms with Crippen LogP contribution in [0.3, 0.4) is 0 Å². The molecule has 1 aromatic heterocycles. The lowest BCUT2D eigenvalue weighted by atomic mass is 10.1. The van der Waals surface area contributed by atoms with Crippen molar-refractivity contribution in [3.8, 4) is 17.4 Å². The lowest BCUT2D eigenvalue weighted by molar-refractivity contribution is -0.384. The number of allylic oxidation sites excluding steroid dienone is 1. The summed E-state index contributed by atoms with van der Waals surface area (Å²) >= 11 is 0. The average molecular weight is 334 g/mol. The molecular formula is C19H11FN2O3. The van der Waals surface area contributed by atoms with Gasteiger partial charge in [0.2, 0.25) is 0 Å². The molecule has 0 amide bonds. The van der Waals surface area contributed by atoms with E-state index in [1.54, 1.807) is 36.4 Å². The van der Waals surface area contributed by atoms with Gasteiger partial charge in [-0.25, -0.2) is 4.39 Å². The maximum absolute atomic E-state index is 13.3. The molecule has 0 unspecified atom stereocenters. The standard InChI is InChI=1S/C19H11FN2O3/c20-15-5-3-4-13(10-15)14(12-21)11-16-8-9-19(25-16)17-6-1-2-7-18(17)22(23)24/h1-11H/b14-11-. The van der Waals surface area contributed by atoms with Gasteiger partial charge in [-0.05, 0) is 42.0 Å². The third kappa shape index (κ3) is 3.46. The summed E-state index contributed by atoms with van der Waals surface area (Å²) in [6.45, 7) is 0. The molecule has 0 spiro atoms. The number of hydrogen-bond acceptors (Lipinski definition) is 4. The first-order chi connectivity index (χ1) is 12.1. The summed E-state index contributed by atoms with van der Waals surface area (Å²) in [6, 6.07) is 17.1. The van der Waals surface area contributed by atoms with Gasteiger partial charge >= 0.3 is 0 Å². The van der Waals surface area contributed by atoms with Crippen LogP contribution in [-0.2, 0) is 0 Å². The highest BCUT2D eigenvalue weighted by molar-refractivity contribution is 5.89. The van der Waals surface area contributed by atoms with E-state index in [0.29, 0.717) is 22.6 Å². The van der Waals surface area contributed by atoms with E-state index in [9.17, 15) is 19.8 Å². The molecule has 6 heteroatoms. The summed E-state index contributed by atoms with van der Waals surface area (Å²) in [5, 5.41) is 20.4. The van der Waals surface area contributed by atoms with Gasteiger partial charge in [0.1, 0.15) is 17.3 Å². The van der Waals surface area contributed by atoms with Crippen molar-refractivity contribution in [1.29, 1.82) is 5.26 Å². The molecule has 3 rings (SSSR count). The Balaban J connectivity index is 1.99. The van der Waals surface area contributed by atoms with Crippen molar-refractivity contribution in [1.82, 2.24) is 0 Å². The molecule has 1 heterocycles. The maximum atomic E-state index is 13.3. The molecule has 0 fully saturated rings. The second-order valence-electron chi connectivity index (χ2n) is 5.16. The third-order valence-corrected chi connectivity index (χ3v) is 3.54. The van der Waals surface area contributed by atoms with Gasteiger partial charge in [-0.15, -0.1) is 0 Å². The molecule has 3 aromatic rings. The van der Waals surface area contributed by atoms with E-state index in [4.69, 9.17) is 4.42 Å². The maximum Gasteiger partial charge on any atom is 0.280 e. The van der Waals surface area contributed by atoms with Crippen molar-refractivity contribution >= 4 is 17.3 Å². The summed E-state index contributed by atoms with van der Waals surface area (Å²) in [4.78, 5) is 10.6. The lowest BCUT2D eigenvalue weighted by Gasteiger charge is -2.00. The van der Waals surface area contributed by atoms with Crippen LogP contribution in [0.25, 0.3) is 23.0 Å². The normalized spacial score (nSPS) is 11.1. The zero-order valence-electron chi connectivity index (χ0n) is 12.8. The molecule has 5 nitrogen and oxygen atoms in total. The van der Waals surface area contributed by atoms with Crippen molar-refractivity contribution in [3.63, 3.8) is 0 Å². The number of furan rings is 1. The van der Waals surface area contributed by atoms with Crippen LogP contribution in [0.15, 0.2) is 65.1 Å². The van der Waals surface area contributed by atoms with Crippen LogP contribution in [0.1, 0.15) is 11.3 Å². The number of benzene rings is 2. The average Bonchev–Trinajstić information content (AvgIpc) is 3.08. The second kappa shape index (κ2) is 6.81. The first kappa shape index (κ1) is 16.1. The van der Waals surface area contributed by atoms with Gasteiger partial charge < -0.3 is 4.42 Å². The van der Waals surface area contributed by atoms with Crippen LogP contribution >= 0.6 is 0 Å². The number of rotatable bonds is 4. The predicted molar refractivity (Wildman–Crippen MR) is 90.7 cm³/mol. The zero-order chi connectivity index (χ0) is 17.8. The van der Waals surface area contributed by atoms with Gasteiger partial charge in [-0.2, -0.15) is 5.26 Å². The molecule has 0 aliphatic heterocycles. The third-order valence-electron chi connectivity index (χ3n) is 3.54. The van der Waals surface area contributed by atoms with Crippen LogP contribution in [-0.4, -0.2) is 4.92 Å². The van der Waals surface area contributed by atoms with Crippen molar-refractivity contribution in [2.45, 2.75) is 0 Å². The lowest BCUT2D eigenvalue weighted by Crippen LogP contribution is -1.90. The number of nitro groups is 1. The zero-order valence-corrected chi connectivity index (χ0v) is 12.8. The summed E-state index contributed by atoms with van der Waals surface area (Å²) in [6.07, 6.45) is 1.47. The molecule has 25 heavy (non-hydrogen) atoms. The van der Waals surface area contributed by atoms with Crippen molar-refractivity contribution in [2.75, 3.05) is 0 Å². The number of nitrogens with zero attached hydrogens (tertiary/aromatic N) is 2. The van der Waals surface area contributed by atoms with E-state index in [-0.39, 0.29) is 11.3 Å². The molecule has 2 aromatic carbocycles. The first-order valence-corrected chi connectivity index (χ1v) is 7.30. The second-order valence-corrected chi connectivity index (χ2v) is 5.16. The highest BCUT2D eigenvalue weighted by Crippen LogP contribution is 2.31. The Morgan fingerprint density at radius 1 is 1.16 bits per heavy atom. The fourth-order valence-corrected chi connectivity index (χ4v) is 2.39. The monoisotopic (exact) mass is 334 g/mol. The Labute approximate surface area is 142 Å². The first-order valence-electron chi connectivity index (χ1n) is 7.30. The molecule has 0 saturated carbocycles. The van der Waals surface area contributed by atoms with E-state index in [2.05, 4.69) is 0 Å². The van der Waals surface area contributed by atoms with Gasteiger partial charge in [0, 0.05) is 6.07 Å². The Kier molecular flexibility index (Phi) is 4.40. The fourth-order valence-electron chi connectivity index (χ4n) is 2.39. The number of hydrogen-bond donors (Lipinski definition) is 0. The number of nitriles is 1. The smallest absolute Gasteiger partial charge is 0.280 e. The summed E-state index contributed by atoms with van der Waals surface area (Å²) in [5.41, 5.74) is 0.920. The fraction of sp³-hybridized carbons (Fsp3) is 0. The van der Waals surface area contributed by atoms with E-state index in [1.807, 2.05) is 6.07 Å². The minimum absolute atomic E-state index is 0.0713. The van der Waals surface area contributed by atoms with Gasteiger partial charge in [0.15, 0.2) is 0 Å². The van der Waals surface area contributed by atoms with E-state index >= 15 is 0 Å². The van der Waals surface area contributed by atoms with Crippen molar-refractivity contribution in [3.05, 3.63) is 87.9 Å². The number of halogens is 1. The Morgan fingerprint density at radius 2 is 1.96 bits per heavy atom. The molecule has 0 bridgehead atoms.